The third kappa shape index (κ3) is 2.43. The van der Waals surface area contributed by atoms with E-state index in [1.165, 1.54) is 4.90 Å². The van der Waals surface area contributed by atoms with Crippen molar-refractivity contribution in [3.05, 3.63) is 38.2 Å². The smallest absolute Gasteiger partial charge is 0.339 e. The molecule has 0 saturated heterocycles. The van der Waals surface area contributed by atoms with Crippen molar-refractivity contribution in [3.8, 4) is 5.75 Å². The number of rotatable bonds is 3. The van der Waals surface area contributed by atoms with E-state index in [1.807, 2.05) is 6.07 Å². The van der Waals surface area contributed by atoms with E-state index in [9.17, 15) is 4.79 Å². The van der Waals surface area contributed by atoms with Crippen molar-refractivity contribution in [3.63, 3.8) is 0 Å². The largest absolute Gasteiger partial charge is 0.443 e. The van der Waals surface area contributed by atoms with Crippen molar-refractivity contribution in [2.45, 2.75) is 32.2 Å². The lowest BCUT2D eigenvalue weighted by Gasteiger charge is -2.27. The van der Waals surface area contributed by atoms with Crippen LogP contribution in [0.5, 0.6) is 5.75 Å². The average molecular weight is 337 g/mol. The minimum absolute atomic E-state index is 0.162. The molecule has 5 nitrogen and oxygen atoms in total. The van der Waals surface area contributed by atoms with E-state index in [2.05, 4.69) is 0 Å². The third-order valence-electron chi connectivity index (χ3n) is 4.80. The summed E-state index contributed by atoms with van der Waals surface area (Å²) in [4.78, 5) is 13.5. The van der Waals surface area contributed by atoms with E-state index >= 15 is 0 Å². The highest BCUT2D eigenvalue weighted by Crippen LogP contribution is 2.39. The quantitative estimate of drug-likeness (QED) is 0.823. The van der Waals surface area contributed by atoms with Gasteiger partial charge in [0.15, 0.2) is 11.3 Å². The van der Waals surface area contributed by atoms with Crippen molar-refractivity contribution >= 4 is 22.6 Å². The first-order valence-corrected chi connectivity index (χ1v) is 8.44. The molecule has 1 unspecified atom stereocenters. The number of nitrogens with one attached hydrogen (secondary N) is 1. The Hall–Kier alpha value is -1.56. The van der Waals surface area contributed by atoms with E-state index in [1.54, 1.807) is 0 Å². The first-order valence-electron chi connectivity index (χ1n) is 8.06. The van der Waals surface area contributed by atoms with Gasteiger partial charge in [-0.05, 0) is 30.9 Å². The summed E-state index contributed by atoms with van der Waals surface area (Å²) >= 11 is 6.42. The van der Waals surface area contributed by atoms with Gasteiger partial charge in [-0.25, -0.2) is 4.79 Å². The van der Waals surface area contributed by atoms with E-state index in [4.69, 9.17) is 25.9 Å². The number of aliphatic hydroxyl groups excluding tert-OH is 1. The zero-order valence-electron chi connectivity index (χ0n) is 12.8. The van der Waals surface area contributed by atoms with E-state index in [0.29, 0.717) is 36.1 Å². The summed E-state index contributed by atoms with van der Waals surface area (Å²) in [6.07, 6.45) is 3.38. The van der Waals surface area contributed by atoms with Crippen LogP contribution < -0.4 is 15.3 Å². The second-order valence-electron chi connectivity index (χ2n) is 6.29. The molecule has 2 heterocycles. The topological polar surface area (TPSA) is 64.1 Å². The summed E-state index contributed by atoms with van der Waals surface area (Å²) in [5.74, 6) is 0.632. The standard InChI is InChI=1S/C17H18ClNO4/c18-14-7-12-10-3-1-4-11(10)17(21)23-15(12)13-8-19(5-2-6-20)9-22-16(13)14/h7,20H,1-6,8-9H2/p+1. The van der Waals surface area contributed by atoms with Crippen LogP contribution in [0.15, 0.2) is 15.3 Å². The van der Waals surface area contributed by atoms with Crippen LogP contribution in [0.3, 0.4) is 0 Å². The lowest BCUT2D eigenvalue weighted by atomic mass is 10.0. The molecule has 1 atom stereocenters. The van der Waals surface area contributed by atoms with Gasteiger partial charge in [0.1, 0.15) is 6.54 Å². The molecule has 2 aromatic rings. The number of fused-ring (bicyclic) bond motifs is 5. The Morgan fingerprint density at radius 3 is 2.91 bits per heavy atom. The minimum atomic E-state index is -0.225. The maximum absolute atomic E-state index is 12.3. The van der Waals surface area contributed by atoms with Gasteiger partial charge in [-0.3, -0.25) is 4.90 Å². The Morgan fingerprint density at radius 1 is 1.26 bits per heavy atom. The molecule has 0 spiro atoms. The van der Waals surface area contributed by atoms with E-state index < -0.39 is 0 Å². The number of quaternary nitrogens is 1. The highest BCUT2D eigenvalue weighted by Gasteiger charge is 2.29. The van der Waals surface area contributed by atoms with Crippen molar-refractivity contribution in [1.82, 2.24) is 0 Å². The molecule has 1 aliphatic carbocycles. The summed E-state index contributed by atoms with van der Waals surface area (Å²) in [6.45, 7) is 2.16. The zero-order chi connectivity index (χ0) is 16.0. The zero-order valence-corrected chi connectivity index (χ0v) is 13.5. The van der Waals surface area contributed by atoms with Crippen LogP contribution in [0.1, 0.15) is 29.5 Å². The number of ether oxygens (including phenoxy) is 1. The van der Waals surface area contributed by atoms with Gasteiger partial charge in [0.2, 0.25) is 6.73 Å². The van der Waals surface area contributed by atoms with Gasteiger partial charge in [-0.15, -0.1) is 0 Å². The summed E-state index contributed by atoms with van der Waals surface area (Å²) in [6, 6.07) is 1.88. The van der Waals surface area contributed by atoms with Crippen LogP contribution in [0.4, 0.5) is 0 Å². The Balaban J connectivity index is 1.88. The van der Waals surface area contributed by atoms with E-state index in [0.717, 1.165) is 47.9 Å². The lowest BCUT2D eigenvalue weighted by molar-refractivity contribution is -0.932. The molecule has 0 amide bonds. The fraction of sp³-hybridized carbons (Fsp3) is 0.471. The van der Waals surface area contributed by atoms with Gasteiger partial charge >= 0.3 is 5.63 Å². The summed E-state index contributed by atoms with van der Waals surface area (Å²) in [7, 11) is 0. The van der Waals surface area contributed by atoms with Crippen LogP contribution in [-0.2, 0) is 19.4 Å². The van der Waals surface area contributed by atoms with Crippen LogP contribution in [0, 0.1) is 0 Å². The lowest BCUT2D eigenvalue weighted by Crippen LogP contribution is -3.12. The van der Waals surface area contributed by atoms with Gasteiger partial charge in [0, 0.05) is 24.0 Å². The maximum Gasteiger partial charge on any atom is 0.339 e. The number of aryl methyl sites for hydroxylation is 1. The third-order valence-corrected chi connectivity index (χ3v) is 5.08. The second-order valence-corrected chi connectivity index (χ2v) is 6.69. The van der Waals surface area contributed by atoms with E-state index in [-0.39, 0.29) is 12.2 Å². The molecule has 4 rings (SSSR count). The molecular weight excluding hydrogens is 318 g/mol. The monoisotopic (exact) mass is 336 g/mol. The number of aliphatic hydroxyl groups is 1. The second kappa shape index (κ2) is 5.82. The molecule has 0 radical (unpaired) electrons. The molecule has 1 aliphatic heterocycles. The first-order chi connectivity index (χ1) is 11.2. The Labute approximate surface area is 138 Å². The molecule has 2 N–H and O–H groups in total. The predicted molar refractivity (Wildman–Crippen MR) is 86.3 cm³/mol. The molecule has 0 bridgehead atoms. The summed E-state index contributed by atoms with van der Waals surface area (Å²) in [5.41, 5.74) is 3.16. The van der Waals surface area contributed by atoms with Gasteiger partial charge in [-0.1, -0.05) is 11.6 Å². The molecule has 2 aliphatic rings. The van der Waals surface area contributed by atoms with Crippen LogP contribution in [0.25, 0.3) is 11.0 Å². The van der Waals surface area contributed by atoms with Gasteiger partial charge in [0.25, 0.3) is 0 Å². The summed E-state index contributed by atoms with van der Waals surface area (Å²) < 4.78 is 11.5. The van der Waals surface area contributed by atoms with Gasteiger partial charge in [0.05, 0.1) is 17.1 Å². The van der Waals surface area contributed by atoms with Crippen LogP contribution >= 0.6 is 11.6 Å². The van der Waals surface area contributed by atoms with Crippen molar-refractivity contribution in [2.75, 3.05) is 19.9 Å². The van der Waals surface area contributed by atoms with Crippen LogP contribution in [0.2, 0.25) is 5.02 Å². The predicted octanol–water partition coefficient (Wildman–Crippen LogP) is 1.05. The molecule has 1 aromatic carbocycles. The van der Waals surface area contributed by atoms with Crippen LogP contribution in [-0.4, -0.2) is 25.0 Å². The molecule has 122 valence electrons. The number of hydrogen-bond donors (Lipinski definition) is 2. The minimum Gasteiger partial charge on any atom is -0.443 e. The van der Waals surface area contributed by atoms with Crippen molar-refractivity contribution in [2.24, 2.45) is 0 Å². The number of halogens is 1. The molecule has 6 heteroatoms. The molecule has 23 heavy (non-hydrogen) atoms. The fourth-order valence-corrected chi connectivity index (χ4v) is 3.99. The SMILES string of the molecule is O=c1oc2c3c(c(Cl)cc2c2c1CCC2)OC[NH+](CCCO)C3. The Kier molecular flexibility index (Phi) is 3.79. The van der Waals surface area contributed by atoms with Crippen molar-refractivity contribution in [1.29, 1.82) is 0 Å². The van der Waals surface area contributed by atoms with Gasteiger partial charge < -0.3 is 14.3 Å². The fourth-order valence-electron chi connectivity index (χ4n) is 3.71. The average Bonchev–Trinajstić information content (AvgIpc) is 3.05. The van der Waals surface area contributed by atoms with Gasteiger partial charge in [-0.2, -0.15) is 0 Å². The molecule has 0 fully saturated rings. The Bertz CT molecular complexity index is 830. The highest BCUT2D eigenvalue weighted by molar-refractivity contribution is 6.33. The molecule has 0 saturated carbocycles. The molecule has 1 aromatic heterocycles. The summed E-state index contributed by atoms with van der Waals surface area (Å²) in [5, 5.41) is 10.5. The maximum atomic E-state index is 12.3. The van der Waals surface area contributed by atoms with Crippen molar-refractivity contribution < 1.29 is 19.2 Å². The first kappa shape index (κ1) is 15.0. The highest BCUT2D eigenvalue weighted by atomic mass is 35.5. The number of hydrogen-bond acceptors (Lipinski definition) is 4. The number of benzene rings is 1. The normalized spacial score (nSPS) is 19.5. The molecular formula is C17H19ClNO4+. The Morgan fingerprint density at radius 2 is 2.09 bits per heavy atom.